The summed E-state index contributed by atoms with van der Waals surface area (Å²) >= 11 is 0. The van der Waals surface area contributed by atoms with Crippen molar-refractivity contribution in [3.63, 3.8) is 0 Å². The van der Waals surface area contributed by atoms with Crippen molar-refractivity contribution in [1.29, 1.82) is 0 Å². The lowest BCUT2D eigenvalue weighted by Crippen LogP contribution is -2.28. The number of ether oxygens (including phenoxy) is 2. The molecule has 1 fully saturated rings. The lowest BCUT2D eigenvalue weighted by atomic mass is 10.0. The van der Waals surface area contributed by atoms with E-state index in [1.54, 1.807) is 18.2 Å². The first-order valence-corrected chi connectivity index (χ1v) is 10.9. The quantitative estimate of drug-likeness (QED) is 0.405. The molecule has 2 aromatic carbocycles. The molecule has 1 saturated heterocycles. The molecule has 164 valence electrons. The van der Waals surface area contributed by atoms with Gasteiger partial charge in [0, 0.05) is 41.4 Å². The fourth-order valence-electron chi connectivity index (χ4n) is 4.32. The van der Waals surface area contributed by atoms with Crippen molar-refractivity contribution in [1.82, 2.24) is 20.2 Å². The molecule has 7 nitrogen and oxygen atoms in total. The Hall–Kier alpha value is -3.58. The van der Waals surface area contributed by atoms with Crippen molar-refractivity contribution in [2.24, 2.45) is 0 Å². The number of para-hydroxylation sites is 2. The Morgan fingerprint density at radius 3 is 3.00 bits per heavy atom. The van der Waals surface area contributed by atoms with Crippen molar-refractivity contribution < 1.29 is 14.3 Å². The molecule has 0 spiro atoms. The Bertz CT molecular complexity index is 1220. The van der Waals surface area contributed by atoms with Crippen LogP contribution in [0.15, 0.2) is 60.8 Å². The second kappa shape index (κ2) is 8.88. The summed E-state index contributed by atoms with van der Waals surface area (Å²) in [5.41, 5.74) is 4.05. The van der Waals surface area contributed by atoms with E-state index in [9.17, 15) is 4.79 Å². The molecule has 0 bridgehead atoms. The highest BCUT2D eigenvalue weighted by atomic mass is 16.6. The van der Waals surface area contributed by atoms with E-state index < -0.39 is 0 Å². The number of amides is 1. The number of carbonyl (C=O) groups is 1. The summed E-state index contributed by atoms with van der Waals surface area (Å²) in [7, 11) is 1.63. The van der Waals surface area contributed by atoms with Crippen LogP contribution in [0.3, 0.4) is 0 Å². The van der Waals surface area contributed by atoms with Gasteiger partial charge in [0.1, 0.15) is 17.4 Å². The van der Waals surface area contributed by atoms with E-state index in [1.165, 1.54) is 5.39 Å². The number of fused-ring (bicyclic) bond motifs is 2. The molecule has 1 amide bonds. The molecule has 0 saturated carbocycles. The van der Waals surface area contributed by atoms with Gasteiger partial charge in [0.25, 0.3) is 0 Å². The minimum absolute atomic E-state index is 0.265. The Balaban J connectivity index is 1.16. The zero-order valence-electron chi connectivity index (χ0n) is 18.0. The van der Waals surface area contributed by atoms with Crippen molar-refractivity contribution in [2.45, 2.75) is 19.1 Å². The predicted molar refractivity (Wildman–Crippen MR) is 124 cm³/mol. The number of H-pyrrole nitrogens is 1. The number of cyclic esters (lactones) is 1. The molecule has 0 aliphatic carbocycles. The van der Waals surface area contributed by atoms with Gasteiger partial charge in [-0.3, -0.25) is 4.98 Å². The van der Waals surface area contributed by atoms with Gasteiger partial charge >= 0.3 is 6.09 Å². The Kier molecular flexibility index (Phi) is 5.64. The van der Waals surface area contributed by atoms with Crippen LogP contribution in [0, 0.1) is 0 Å². The first-order chi connectivity index (χ1) is 15.7. The van der Waals surface area contributed by atoms with Crippen LogP contribution in [0.2, 0.25) is 0 Å². The molecule has 32 heavy (non-hydrogen) atoms. The third-order valence-electron chi connectivity index (χ3n) is 5.90. The second-order valence-electron chi connectivity index (χ2n) is 7.99. The highest BCUT2D eigenvalue weighted by Gasteiger charge is 2.33. The predicted octanol–water partition coefficient (Wildman–Crippen LogP) is 4.40. The number of rotatable bonds is 8. The zero-order valence-corrected chi connectivity index (χ0v) is 18.0. The van der Waals surface area contributed by atoms with Gasteiger partial charge in [-0.2, -0.15) is 0 Å². The van der Waals surface area contributed by atoms with E-state index >= 15 is 0 Å². The normalized spacial score (nSPS) is 16.1. The summed E-state index contributed by atoms with van der Waals surface area (Å²) in [6.45, 7) is 2.78. The van der Waals surface area contributed by atoms with Crippen LogP contribution >= 0.6 is 0 Å². The number of nitrogens with one attached hydrogen (secondary N) is 2. The van der Waals surface area contributed by atoms with Gasteiger partial charge in [-0.15, -0.1) is 0 Å². The summed E-state index contributed by atoms with van der Waals surface area (Å²) in [5, 5.41) is 5.62. The summed E-state index contributed by atoms with van der Waals surface area (Å²) in [6, 6.07) is 18.1. The van der Waals surface area contributed by atoms with Gasteiger partial charge in [0.15, 0.2) is 0 Å². The monoisotopic (exact) mass is 430 g/mol. The molecule has 1 aliphatic heterocycles. The number of benzene rings is 2. The van der Waals surface area contributed by atoms with E-state index in [-0.39, 0.29) is 12.2 Å². The maximum absolute atomic E-state index is 12.4. The van der Waals surface area contributed by atoms with Crippen molar-refractivity contribution in [3.05, 3.63) is 72.1 Å². The fourth-order valence-corrected chi connectivity index (χ4v) is 4.32. The molecular formula is C25H26N4O3. The number of hydrogen-bond acceptors (Lipinski definition) is 5. The van der Waals surface area contributed by atoms with E-state index in [0.29, 0.717) is 18.8 Å². The topological polar surface area (TPSA) is 79.5 Å². The van der Waals surface area contributed by atoms with E-state index in [4.69, 9.17) is 9.47 Å². The third-order valence-corrected chi connectivity index (χ3v) is 5.90. The number of hydrogen-bond donors (Lipinski definition) is 2. The first kappa shape index (κ1) is 20.3. The maximum atomic E-state index is 12.4. The molecule has 2 aromatic heterocycles. The number of methoxy groups -OCH3 is 1. The molecular weight excluding hydrogens is 404 g/mol. The molecule has 1 atom stereocenters. The number of carbonyl (C=O) groups excluding carboxylic acids is 1. The van der Waals surface area contributed by atoms with E-state index in [1.807, 2.05) is 36.4 Å². The smallest absolute Gasteiger partial charge is 0.410 e. The minimum atomic E-state index is -0.306. The first-order valence-electron chi connectivity index (χ1n) is 10.9. The molecule has 7 heteroatoms. The molecule has 3 heterocycles. The molecule has 4 aromatic rings. The molecule has 5 rings (SSSR count). The van der Waals surface area contributed by atoms with Gasteiger partial charge in [-0.05, 0) is 42.6 Å². The lowest BCUT2D eigenvalue weighted by Gasteiger charge is -2.14. The third kappa shape index (κ3) is 3.99. The number of pyridine rings is 1. The Morgan fingerprint density at radius 2 is 2.12 bits per heavy atom. The highest BCUT2D eigenvalue weighted by Crippen LogP contribution is 2.33. The standard InChI is InChI=1S/C25H26N4O3/c1-31-22-9-4-7-20-19(10-12-27-24(20)22)23-16-29(25(30)32-23)13-5-11-26-15-18-14-17-6-2-3-8-21(17)28-18/h2-4,6-10,12,14,23,26,28H,5,11,13,15-16H2,1H3/t23-/m0/s1. The highest BCUT2D eigenvalue weighted by molar-refractivity contribution is 5.88. The SMILES string of the molecule is COc1cccc2c([C@@H]3CN(CCCNCc4cc5ccccc5[nH]4)C(=O)O3)ccnc12. The van der Waals surface area contributed by atoms with Crippen LogP contribution in [0.1, 0.15) is 23.8 Å². The second-order valence-corrected chi connectivity index (χ2v) is 7.99. The molecule has 0 unspecified atom stereocenters. The summed E-state index contributed by atoms with van der Waals surface area (Å²) in [4.78, 5) is 22.1. The van der Waals surface area contributed by atoms with Crippen molar-refractivity contribution in [3.8, 4) is 5.75 Å². The Morgan fingerprint density at radius 1 is 1.22 bits per heavy atom. The number of aromatic amines is 1. The van der Waals surface area contributed by atoms with Crippen molar-refractivity contribution in [2.75, 3.05) is 26.7 Å². The molecule has 2 N–H and O–H groups in total. The van der Waals surface area contributed by atoms with Crippen LogP contribution in [0.5, 0.6) is 5.75 Å². The van der Waals surface area contributed by atoms with Crippen LogP contribution in [-0.2, 0) is 11.3 Å². The Labute approximate surface area is 186 Å². The number of nitrogens with zero attached hydrogens (tertiary/aromatic N) is 2. The van der Waals surface area contributed by atoms with E-state index in [0.717, 1.165) is 47.2 Å². The summed E-state index contributed by atoms with van der Waals surface area (Å²) in [5.74, 6) is 0.714. The van der Waals surface area contributed by atoms with Crippen LogP contribution < -0.4 is 10.1 Å². The lowest BCUT2D eigenvalue weighted by molar-refractivity contribution is 0.133. The van der Waals surface area contributed by atoms with Crippen LogP contribution in [-0.4, -0.2) is 47.7 Å². The summed E-state index contributed by atoms with van der Waals surface area (Å²) < 4.78 is 11.1. The van der Waals surface area contributed by atoms with Crippen LogP contribution in [0.25, 0.3) is 21.8 Å². The van der Waals surface area contributed by atoms with E-state index in [2.05, 4.69) is 33.5 Å². The molecule has 1 aliphatic rings. The van der Waals surface area contributed by atoms with Crippen molar-refractivity contribution >= 4 is 27.9 Å². The average Bonchev–Trinajstić information content (AvgIpc) is 3.40. The largest absolute Gasteiger partial charge is 0.494 e. The van der Waals surface area contributed by atoms with Gasteiger partial charge in [-0.1, -0.05) is 30.3 Å². The van der Waals surface area contributed by atoms with Gasteiger partial charge in [0.05, 0.1) is 13.7 Å². The minimum Gasteiger partial charge on any atom is -0.494 e. The number of aromatic nitrogens is 2. The molecule has 0 radical (unpaired) electrons. The van der Waals surface area contributed by atoms with Gasteiger partial charge < -0.3 is 24.7 Å². The zero-order chi connectivity index (χ0) is 21.9. The summed E-state index contributed by atoms with van der Waals surface area (Å²) in [6.07, 6.45) is 2.02. The maximum Gasteiger partial charge on any atom is 0.410 e. The van der Waals surface area contributed by atoms with Gasteiger partial charge in [-0.25, -0.2) is 4.79 Å². The van der Waals surface area contributed by atoms with Crippen LogP contribution in [0.4, 0.5) is 4.79 Å². The fraction of sp³-hybridized carbons (Fsp3) is 0.280. The van der Waals surface area contributed by atoms with Gasteiger partial charge in [0.2, 0.25) is 0 Å². The average molecular weight is 431 g/mol.